The summed E-state index contributed by atoms with van der Waals surface area (Å²) in [6.07, 6.45) is 6.92. The molecule has 0 spiro atoms. The summed E-state index contributed by atoms with van der Waals surface area (Å²) in [6.45, 7) is 14.3. The molecule has 0 aliphatic heterocycles. The van der Waals surface area contributed by atoms with Crippen molar-refractivity contribution < 1.29 is 4.74 Å². The largest absolute Gasteiger partial charge is 0.377 e. The molecule has 2 heteroatoms. The molecule has 0 heterocycles. The standard InChI is InChI=1S/C17H33NO/c1-7-14(3)13-15(18-8-2)17(19-6)11-9-16(4,5)10-12-17/h15,18H,3,7-13H2,1-2,4-6H3. The molecule has 1 aliphatic rings. The minimum atomic E-state index is 0.00361. The third kappa shape index (κ3) is 4.32. The van der Waals surface area contributed by atoms with E-state index in [9.17, 15) is 0 Å². The molecular weight excluding hydrogens is 234 g/mol. The van der Waals surface area contributed by atoms with Gasteiger partial charge in [0.1, 0.15) is 0 Å². The fraction of sp³-hybridized carbons (Fsp3) is 0.882. The summed E-state index contributed by atoms with van der Waals surface area (Å²) in [5.41, 5.74) is 1.80. The van der Waals surface area contributed by atoms with Crippen LogP contribution in [0.15, 0.2) is 12.2 Å². The Morgan fingerprint density at radius 1 is 1.21 bits per heavy atom. The zero-order valence-electron chi connectivity index (χ0n) is 13.6. The molecular formula is C17H33NO. The van der Waals surface area contributed by atoms with Crippen molar-refractivity contribution in [2.45, 2.75) is 77.9 Å². The highest BCUT2D eigenvalue weighted by Crippen LogP contribution is 2.44. The van der Waals surface area contributed by atoms with Gasteiger partial charge in [0.15, 0.2) is 0 Å². The number of ether oxygens (including phenoxy) is 1. The van der Waals surface area contributed by atoms with Crippen LogP contribution in [0.2, 0.25) is 0 Å². The molecule has 1 fully saturated rings. The zero-order valence-corrected chi connectivity index (χ0v) is 13.6. The van der Waals surface area contributed by atoms with Gasteiger partial charge in [0.25, 0.3) is 0 Å². The molecule has 19 heavy (non-hydrogen) atoms. The average molecular weight is 267 g/mol. The summed E-state index contributed by atoms with van der Waals surface area (Å²) in [6, 6.07) is 0.408. The molecule has 1 rings (SSSR count). The summed E-state index contributed by atoms with van der Waals surface area (Å²) in [7, 11) is 1.89. The van der Waals surface area contributed by atoms with Crippen molar-refractivity contribution in [1.29, 1.82) is 0 Å². The summed E-state index contributed by atoms with van der Waals surface area (Å²) in [5, 5.41) is 3.65. The second-order valence-electron chi connectivity index (χ2n) is 6.85. The Morgan fingerprint density at radius 2 is 1.79 bits per heavy atom. The van der Waals surface area contributed by atoms with Gasteiger partial charge in [-0.1, -0.05) is 39.8 Å². The minimum absolute atomic E-state index is 0.00361. The topological polar surface area (TPSA) is 21.3 Å². The fourth-order valence-electron chi connectivity index (χ4n) is 3.17. The molecule has 2 nitrogen and oxygen atoms in total. The van der Waals surface area contributed by atoms with Crippen molar-refractivity contribution in [2.24, 2.45) is 5.41 Å². The van der Waals surface area contributed by atoms with Gasteiger partial charge in [0.05, 0.1) is 5.60 Å². The Morgan fingerprint density at radius 3 is 2.21 bits per heavy atom. The molecule has 1 unspecified atom stereocenters. The molecule has 1 saturated carbocycles. The number of likely N-dealkylation sites (N-methyl/N-ethyl adjacent to an activating group) is 1. The lowest BCUT2D eigenvalue weighted by Crippen LogP contribution is -2.54. The Labute approximate surface area is 120 Å². The molecule has 0 amide bonds. The smallest absolute Gasteiger partial charge is 0.0834 e. The molecule has 0 aromatic heterocycles. The van der Waals surface area contributed by atoms with E-state index in [0.717, 1.165) is 32.2 Å². The normalized spacial score (nSPS) is 23.0. The highest BCUT2D eigenvalue weighted by Gasteiger charge is 2.43. The van der Waals surface area contributed by atoms with Crippen LogP contribution in [0.5, 0.6) is 0 Å². The van der Waals surface area contributed by atoms with Gasteiger partial charge in [0.2, 0.25) is 0 Å². The maximum Gasteiger partial charge on any atom is 0.0834 e. The Kier molecular flexibility index (Phi) is 6.07. The monoisotopic (exact) mass is 267 g/mol. The Hall–Kier alpha value is -0.340. The van der Waals surface area contributed by atoms with Gasteiger partial charge >= 0.3 is 0 Å². The Balaban J connectivity index is 2.80. The quantitative estimate of drug-likeness (QED) is 0.694. The first kappa shape index (κ1) is 16.7. The van der Waals surface area contributed by atoms with Crippen LogP contribution in [0.3, 0.4) is 0 Å². The van der Waals surface area contributed by atoms with Gasteiger partial charge < -0.3 is 10.1 Å². The summed E-state index contributed by atoms with van der Waals surface area (Å²) in [4.78, 5) is 0. The lowest BCUT2D eigenvalue weighted by molar-refractivity contribution is -0.0858. The van der Waals surface area contributed by atoms with E-state index in [4.69, 9.17) is 4.74 Å². The molecule has 0 bridgehead atoms. The van der Waals surface area contributed by atoms with Gasteiger partial charge in [0, 0.05) is 13.2 Å². The number of rotatable bonds is 7. The first-order valence-corrected chi connectivity index (χ1v) is 7.84. The summed E-state index contributed by atoms with van der Waals surface area (Å²) >= 11 is 0. The van der Waals surface area contributed by atoms with Crippen LogP contribution >= 0.6 is 0 Å². The van der Waals surface area contributed by atoms with Crippen molar-refractivity contribution in [3.63, 3.8) is 0 Å². The van der Waals surface area contributed by atoms with Crippen LogP contribution in [0.1, 0.15) is 66.2 Å². The highest BCUT2D eigenvalue weighted by molar-refractivity contribution is 5.06. The third-order valence-corrected chi connectivity index (χ3v) is 4.93. The van der Waals surface area contributed by atoms with Gasteiger partial charge in [-0.3, -0.25) is 0 Å². The molecule has 0 aromatic rings. The van der Waals surface area contributed by atoms with Crippen molar-refractivity contribution in [3.8, 4) is 0 Å². The molecule has 0 radical (unpaired) electrons. The van der Waals surface area contributed by atoms with E-state index in [0.29, 0.717) is 11.5 Å². The van der Waals surface area contributed by atoms with Crippen LogP contribution in [0.4, 0.5) is 0 Å². The maximum absolute atomic E-state index is 6.03. The number of hydrogen-bond donors (Lipinski definition) is 1. The van der Waals surface area contributed by atoms with E-state index in [1.54, 1.807) is 0 Å². The van der Waals surface area contributed by atoms with E-state index in [-0.39, 0.29) is 5.60 Å². The average Bonchev–Trinajstić information content (AvgIpc) is 2.39. The number of hydrogen-bond acceptors (Lipinski definition) is 2. The van der Waals surface area contributed by atoms with Gasteiger partial charge in [-0.05, 0) is 50.5 Å². The molecule has 0 saturated heterocycles. The second kappa shape index (κ2) is 6.90. The molecule has 0 aromatic carbocycles. The van der Waals surface area contributed by atoms with E-state index in [2.05, 4.69) is 39.6 Å². The fourth-order valence-corrected chi connectivity index (χ4v) is 3.17. The van der Waals surface area contributed by atoms with Crippen molar-refractivity contribution in [3.05, 3.63) is 12.2 Å². The second-order valence-corrected chi connectivity index (χ2v) is 6.85. The van der Waals surface area contributed by atoms with Crippen LogP contribution in [0.25, 0.3) is 0 Å². The first-order valence-electron chi connectivity index (χ1n) is 7.84. The van der Waals surface area contributed by atoms with Crippen molar-refractivity contribution in [2.75, 3.05) is 13.7 Å². The van der Waals surface area contributed by atoms with Gasteiger partial charge in [-0.2, -0.15) is 0 Å². The van der Waals surface area contributed by atoms with Crippen LogP contribution in [0, 0.1) is 5.41 Å². The van der Waals surface area contributed by atoms with E-state index in [1.807, 2.05) is 7.11 Å². The van der Waals surface area contributed by atoms with Crippen LogP contribution in [-0.2, 0) is 4.74 Å². The number of methoxy groups -OCH3 is 1. The predicted molar refractivity (Wildman–Crippen MR) is 83.5 cm³/mol. The third-order valence-electron chi connectivity index (χ3n) is 4.93. The van der Waals surface area contributed by atoms with E-state index < -0.39 is 0 Å². The summed E-state index contributed by atoms with van der Waals surface area (Å²) in [5.74, 6) is 0. The first-order chi connectivity index (χ1) is 8.89. The molecule has 1 atom stereocenters. The maximum atomic E-state index is 6.03. The summed E-state index contributed by atoms with van der Waals surface area (Å²) < 4.78 is 6.03. The van der Waals surface area contributed by atoms with E-state index >= 15 is 0 Å². The van der Waals surface area contributed by atoms with Crippen LogP contribution in [-0.4, -0.2) is 25.3 Å². The van der Waals surface area contributed by atoms with Gasteiger partial charge in [-0.15, -0.1) is 0 Å². The minimum Gasteiger partial charge on any atom is -0.377 e. The molecule has 1 aliphatic carbocycles. The van der Waals surface area contributed by atoms with Gasteiger partial charge in [-0.25, -0.2) is 0 Å². The van der Waals surface area contributed by atoms with Crippen molar-refractivity contribution in [1.82, 2.24) is 5.32 Å². The zero-order chi connectivity index (χ0) is 14.5. The van der Waals surface area contributed by atoms with Crippen molar-refractivity contribution >= 4 is 0 Å². The lowest BCUT2D eigenvalue weighted by Gasteiger charge is -2.47. The van der Waals surface area contributed by atoms with E-state index in [1.165, 1.54) is 18.4 Å². The Bertz CT molecular complexity index is 286. The predicted octanol–water partition coefficient (Wildman–Crippen LogP) is 4.31. The number of nitrogens with one attached hydrogen (secondary N) is 1. The highest BCUT2D eigenvalue weighted by atomic mass is 16.5. The molecule has 112 valence electrons. The van der Waals surface area contributed by atoms with Crippen LogP contribution < -0.4 is 5.32 Å². The molecule has 1 N–H and O–H groups in total. The SMILES string of the molecule is C=C(CC)CC(NCC)C1(OC)CCC(C)(C)CC1. The lowest BCUT2D eigenvalue weighted by atomic mass is 9.67.